The van der Waals surface area contributed by atoms with E-state index in [1.165, 1.54) is 6.33 Å². The molecule has 1 aromatic rings. The van der Waals surface area contributed by atoms with Gasteiger partial charge in [-0.25, -0.2) is 9.97 Å². The second-order valence-electron chi connectivity index (χ2n) is 3.76. The van der Waals surface area contributed by atoms with E-state index in [4.69, 9.17) is 10.5 Å². The van der Waals surface area contributed by atoms with E-state index < -0.39 is 0 Å². The average Bonchev–Trinajstić information content (AvgIpc) is 2.36. The molecule has 0 spiro atoms. The van der Waals surface area contributed by atoms with E-state index in [2.05, 4.69) is 23.8 Å². The predicted molar refractivity (Wildman–Crippen MR) is 66.8 cm³/mol. The number of hydrogen-bond acceptors (Lipinski definition) is 5. The van der Waals surface area contributed by atoms with Crippen molar-refractivity contribution in [2.45, 2.75) is 37.3 Å². The van der Waals surface area contributed by atoms with Crippen molar-refractivity contribution in [3.8, 4) is 5.88 Å². The van der Waals surface area contributed by atoms with Crippen molar-refractivity contribution in [1.29, 1.82) is 0 Å². The Morgan fingerprint density at radius 3 is 2.62 bits per heavy atom. The van der Waals surface area contributed by atoms with Gasteiger partial charge < -0.3 is 10.5 Å². The largest absolute Gasteiger partial charge is 0.476 e. The molecule has 0 aliphatic rings. The molecular formula is C11H19N3OS. The third-order valence-electron chi connectivity index (χ3n) is 2.74. The van der Waals surface area contributed by atoms with E-state index in [-0.39, 0.29) is 5.54 Å². The summed E-state index contributed by atoms with van der Waals surface area (Å²) in [5.74, 6) is 0.594. The van der Waals surface area contributed by atoms with Crippen LogP contribution in [0, 0.1) is 0 Å². The van der Waals surface area contributed by atoms with Crippen LogP contribution in [0.1, 0.15) is 26.7 Å². The summed E-state index contributed by atoms with van der Waals surface area (Å²) in [6.07, 6.45) is 5.27. The number of thioether (sulfide) groups is 1. The molecule has 0 amide bonds. The Hall–Kier alpha value is -0.810. The lowest BCUT2D eigenvalue weighted by molar-refractivity contribution is 0.200. The molecule has 0 aliphatic carbocycles. The highest BCUT2D eigenvalue weighted by atomic mass is 32.2. The van der Waals surface area contributed by atoms with Gasteiger partial charge in [0.2, 0.25) is 5.88 Å². The summed E-state index contributed by atoms with van der Waals surface area (Å²) in [5, 5.41) is 0.903. The van der Waals surface area contributed by atoms with Crippen LogP contribution < -0.4 is 10.5 Å². The molecule has 0 saturated heterocycles. The Morgan fingerprint density at radius 1 is 1.38 bits per heavy atom. The standard InChI is InChI=1S/C11H19N3OS/c1-4-11(12,5-2)7-15-9-6-10(16-3)14-8-13-9/h6,8H,4-5,7,12H2,1-3H3. The van der Waals surface area contributed by atoms with Crippen LogP contribution in [0.5, 0.6) is 5.88 Å². The van der Waals surface area contributed by atoms with Crippen LogP contribution in [0.15, 0.2) is 17.4 Å². The smallest absolute Gasteiger partial charge is 0.217 e. The summed E-state index contributed by atoms with van der Waals surface area (Å²) in [4.78, 5) is 8.14. The van der Waals surface area contributed by atoms with E-state index in [1.54, 1.807) is 11.8 Å². The number of hydrogen-bond donors (Lipinski definition) is 1. The predicted octanol–water partition coefficient (Wildman–Crippen LogP) is 2.09. The maximum atomic E-state index is 6.14. The molecule has 2 N–H and O–H groups in total. The van der Waals surface area contributed by atoms with Crippen LogP contribution in [0.2, 0.25) is 0 Å². The van der Waals surface area contributed by atoms with E-state index in [0.717, 1.165) is 17.9 Å². The van der Waals surface area contributed by atoms with Crippen LogP contribution in [0.25, 0.3) is 0 Å². The zero-order chi connectivity index (χ0) is 12.0. The van der Waals surface area contributed by atoms with E-state index in [1.807, 2.05) is 12.3 Å². The fourth-order valence-electron chi connectivity index (χ4n) is 1.19. The molecule has 4 nitrogen and oxygen atoms in total. The Kier molecular flexibility index (Phi) is 5.02. The first-order valence-corrected chi connectivity index (χ1v) is 6.63. The molecule has 16 heavy (non-hydrogen) atoms. The van der Waals surface area contributed by atoms with Crippen molar-refractivity contribution >= 4 is 11.8 Å². The minimum atomic E-state index is -0.259. The summed E-state index contributed by atoms with van der Waals surface area (Å²) in [7, 11) is 0. The first kappa shape index (κ1) is 13.3. The second kappa shape index (κ2) is 6.06. The zero-order valence-corrected chi connectivity index (χ0v) is 10.9. The molecule has 0 saturated carbocycles. The molecule has 0 bridgehead atoms. The minimum Gasteiger partial charge on any atom is -0.476 e. The third kappa shape index (κ3) is 3.64. The topological polar surface area (TPSA) is 61.0 Å². The Balaban J connectivity index is 2.60. The van der Waals surface area contributed by atoms with Gasteiger partial charge in [-0.15, -0.1) is 11.8 Å². The number of aromatic nitrogens is 2. The van der Waals surface area contributed by atoms with Gasteiger partial charge in [0.25, 0.3) is 0 Å². The fourth-order valence-corrected chi connectivity index (χ4v) is 1.56. The Bertz CT molecular complexity index is 329. The lowest BCUT2D eigenvalue weighted by Gasteiger charge is -2.26. The highest BCUT2D eigenvalue weighted by molar-refractivity contribution is 7.98. The van der Waals surface area contributed by atoms with Gasteiger partial charge in [-0.05, 0) is 19.1 Å². The molecule has 0 aliphatic heterocycles. The van der Waals surface area contributed by atoms with Gasteiger partial charge in [-0.3, -0.25) is 0 Å². The van der Waals surface area contributed by atoms with Crippen LogP contribution in [0.4, 0.5) is 0 Å². The first-order valence-electron chi connectivity index (χ1n) is 5.41. The molecule has 1 aromatic heterocycles. The fraction of sp³-hybridized carbons (Fsp3) is 0.636. The SMILES string of the molecule is CCC(N)(CC)COc1cc(SC)ncn1. The number of rotatable bonds is 6. The van der Waals surface area contributed by atoms with E-state index in [0.29, 0.717) is 12.5 Å². The van der Waals surface area contributed by atoms with Crippen molar-refractivity contribution in [2.24, 2.45) is 5.73 Å². The van der Waals surface area contributed by atoms with Crippen molar-refractivity contribution in [2.75, 3.05) is 12.9 Å². The average molecular weight is 241 g/mol. The summed E-state index contributed by atoms with van der Waals surface area (Å²) < 4.78 is 5.61. The molecule has 0 unspecified atom stereocenters. The van der Waals surface area contributed by atoms with Gasteiger partial charge in [0, 0.05) is 11.6 Å². The van der Waals surface area contributed by atoms with Gasteiger partial charge in [0.15, 0.2) is 0 Å². The van der Waals surface area contributed by atoms with Crippen LogP contribution >= 0.6 is 11.8 Å². The van der Waals surface area contributed by atoms with Gasteiger partial charge >= 0.3 is 0 Å². The molecule has 1 rings (SSSR count). The summed E-state index contributed by atoms with van der Waals surface area (Å²) in [6.45, 7) is 4.63. The quantitative estimate of drug-likeness (QED) is 0.610. The lowest BCUT2D eigenvalue weighted by atomic mass is 9.96. The number of nitrogens with two attached hydrogens (primary N) is 1. The Labute approximate surface area is 101 Å². The van der Waals surface area contributed by atoms with Gasteiger partial charge in [-0.2, -0.15) is 0 Å². The monoisotopic (exact) mass is 241 g/mol. The second-order valence-corrected chi connectivity index (χ2v) is 4.58. The minimum absolute atomic E-state index is 0.259. The molecule has 1 heterocycles. The van der Waals surface area contributed by atoms with Crippen molar-refractivity contribution in [1.82, 2.24) is 9.97 Å². The van der Waals surface area contributed by atoms with Crippen molar-refractivity contribution in [3.63, 3.8) is 0 Å². The summed E-state index contributed by atoms with van der Waals surface area (Å²) >= 11 is 1.57. The molecule has 0 radical (unpaired) electrons. The maximum Gasteiger partial charge on any atom is 0.217 e. The van der Waals surface area contributed by atoms with Gasteiger partial charge in [-0.1, -0.05) is 13.8 Å². The molecule has 0 atom stereocenters. The summed E-state index contributed by atoms with van der Waals surface area (Å²) in [6, 6.07) is 1.83. The molecular weight excluding hydrogens is 222 g/mol. The summed E-state index contributed by atoms with van der Waals surface area (Å²) in [5.41, 5.74) is 5.88. The van der Waals surface area contributed by atoms with E-state index >= 15 is 0 Å². The molecule has 0 fully saturated rings. The third-order valence-corrected chi connectivity index (χ3v) is 3.38. The number of nitrogens with zero attached hydrogens (tertiary/aromatic N) is 2. The first-order chi connectivity index (χ1) is 7.63. The Morgan fingerprint density at radius 2 is 2.06 bits per heavy atom. The zero-order valence-electron chi connectivity index (χ0n) is 10.1. The van der Waals surface area contributed by atoms with Crippen LogP contribution in [0.3, 0.4) is 0 Å². The van der Waals surface area contributed by atoms with Crippen LogP contribution in [-0.2, 0) is 0 Å². The highest BCUT2D eigenvalue weighted by Gasteiger charge is 2.21. The highest BCUT2D eigenvalue weighted by Crippen LogP contribution is 2.18. The molecule has 0 aromatic carbocycles. The normalized spacial score (nSPS) is 11.5. The van der Waals surface area contributed by atoms with Crippen molar-refractivity contribution < 1.29 is 4.74 Å². The van der Waals surface area contributed by atoms with Crippen molar-refractivity contribution in [3.05, 3.63) is 12.4 Å². The lowest BCUT2D eigenvalue weighted by Crippen LogP contribution is -2.44. The van der Waals surface area contributed by atoms with Gasteiger partial charge in [0.05, 0.1) is 0 Å². The van der Waals surface area contributed by atoms with E-state index in [9.17, 15) is 0 Å². The maximum absolute atomic E-state index is 6.14. The molecule has 90 valence electrons. The van der Waals surface area contributed by atoms with Crippen LogP contribution in [-0.4, -0.2) is 28.4 Å². The number of ether oxygens (including phenoxy) is 1. The van der Waals surface area contributed by atoms with Gasteiger partial charge in [0.1, 0.15) is 18.0 Å². The molecule has 5 heteroatoms.